The van der Waals surface area contributed by atoms with E-state index in [-0.39, 0.29) is 23.6 Å². The summed E-state index contributed by atoms with van der Waals surface area (Å²) in [5.41, 5.74) is 0.701. The Morgan fingerprint density at radius 2 is 1.64 bits per heavy atom. The SMILES string of the molecule is CC(C)[C@H](NC(=O)c1ccco1)C(=O)OCC(=O)N1CCN(C(=O)Nc2ccccc2)CC1. The number of hydrogen-bond acceptors (Lipinski definition) is 6. The Labute approximate surface area is 191 Å². The second-order valence-corrected chi connectivity index (χ2v) is 7.94. The zero-order chi connectivity index (χ0) is 23.8. The number of amides is 4. The standard InChI is InChI=1S/C23H28N4O6/c1-16(2)20(25-21(29)18-9-6-14-32-18)22(30)33-15-19(28)26-10-12-27(13-11-26)23(31)24-17-7-4-3-5-8-17/h3-9,14,16,20H,10-13,15H2,1-2H3,(H,24,31)(H,25,29)/t20-/m0/s1. The Bertz CT molecular complexity index is 953. The van der Waals surface area contributed by atoms with E-state index < -0.39 is 24.5 Å². The highest BCUT2D eigenvalue weighted by Crippen LogP contribution is 2.10. The normalized spacial score (nSPS) is 14.5. The zero-order valence-electron chi connectivity index (χ0n) is 18.7. The highest BCUT2D eigenvalue weighted by molar-refractivity contribution is 5.95. The van der Waals surface area contributed by atoms with Crippen LogP contribution in [0, 0.1) is 5.92 Å². The minimum Gasteiger partial charge on any atom is -0.459 e. The molecule has 10 heteroatoms. The monoisotopic (exact) mass is 456 g/mol. The van der Waals surface area contributed by atoms with E-state index in [1.165, 1.54) is 12.3 Å². The number of piperazine rings is 1. The van der Waals surface area contributed by atoms with Crippen LogP contribution in [0.2, 0.25) is 0 Å². The number of carbonyl (C=O) groups is 4. The Balaban J connectivity index is 1.43. The van der Waals surface area contributed by atoms with Gasteiger partial charge in [0.15, 0.2) is 12.4 Å². The summed E-state index contributed by atoms with van der Waals surface area (Å²) in [6, 6.07) is 11.0. The number of nitrogens with one attached hydrogen (secondary N) is 2. The van der Waals surface area contributed by atoms with Crippen molar-refractivity contribution in [3.63, 3.8) is 0 Å². The van der Waals surface area contributed by atoms with Crippen molar-refractivity contribution in [2.45, 2.75) is 19.9 Å². The molecule has 0 bridgehead atoms. The summed E-state index contributed by atoms with van der Waals surface area (Å²) in [6.45, 7) is 4.49. The first-order valence-corrected chi connectivity index (χ1v) is 10.7. The molecule has 0 unspecified atom stereocenters. The highest BCUT2D eigenvalue weighted by Gasteiger charge is 2.29. The van der Waals surface area contributed by atoms with Gasteiger partial charge in [-0.1, -0.05) is 32.0 Å². The number of nitrogens with zero attached hydrogens (tertiary/aromatic N) is 2. The molecule has 33 heavy (non-hydrogen) atoms. The largest absolute Gasteiger partial charge is 0.459 e. The molecule has 176 valence electrons. The molecule has 1 aromatic carbocycles. The molecule has 1 aliphatic heterocycles. The van der Waals surface area contributed by atoms with Crippen molar-refractivity contribution < 1.29 is 28.3 Å². The Hall–Kier alpha value is -3.82. The minimum atomic E-state index is -0.922. The number of hydrogen-bond donors (Lipinski definition) is 2. The molecular formula is C23H28N4O6. The van der Waals surface area contributed by atoms with Gasteiger partial charge in [-0.2, -0.15) is 0 Å². The van der Waals surface area contributed by atoms with Gasteiger partial charge in [-0.3, -0.25) is 9.59 Å². The fourth-order valence-corrected chi connectivity index (χ4v) is 3.31. The molecule has 3 rings (SSSR count). The molecule has 1 atom stereocenters. The number of furan rings is 1. The summed E-state index contributed by atoms with van der Waals surface area (Å²) in [4.78, 5) is 52.7. The molecule has 0 saturated carbocycles. The molecule has 0 aliphatic carbocycles. The third-order valence-corrected chi connectivity index (χ3v) is 5.23. The fourth-order valence-electron chi connectivity index (χ4n) is 3.31. The number of benzene rings is 1. The van der Waals surface area contributed by atoms with E-state index in [0.717, 1.165) is 0 Å². The van der Waals surface area contributed by atoms with Crippen molar-refractivity contribution in [3.8, 4) is 0 Å². The quantitative estimate of drug-likeness (QED) is 0.615. The van der Waals surface area contributed by atoms with Gasteiger partial charge in [0.25, 0.3) is 11.8 Å². The topological polar surface area (TPSA) is 121 Å². The number of carbonyl (C=O) groups excluding carboxylic acids is 4. The predicted molar refractivity (Wildman–Crippen MR) is 119 cm³/mol. The van der Waals surface area contributed by atoms with Crippen LogP contribution in [0.1, 0.15) is 24.4 Å². The molecule has 2 aromatic rings. The number of ether oxygens (including phenoxy) is 1. The van der Waals surface area contributed by atoms with Gasteiger partial charge in [-0.05, 0) is 30.2 Å². The molecular weight excluding hydrogens is 428 g/mol. The van der Waals surface area contributed by atoms with Gasteiger partial charge in [0.1, 0.15) is 6.04 Å². The first-order chi connectivity index (χ1) is 15.8. The van der Waals surface area contributed by atoms with Crippen molar-refractivity contribution in [2.75, 3.05) is 38.1 Å². The van der Waals surface area contributed by atoms with Crippen LogP contribution in [0.5, 0.6) is 0 Å². The summed E-state index contributed by atoms with van der Waals surface area (Å²) in [5.74, 6) is -1.76. The van der Waals surface area contributed by atoms with Crippen LogP contribution in [0.4, 0.5) is 10.5 Å². The lowest BCUT2D eigenvalue weighted by Gasteiger charge is -2.34. The van der Waals surface area contributed by atoms with Crippen LogP contribution in [0.3, 0.4) is 0 Å². The van der Waals surface area contributed by atoms with Crippen LogP contribution >= 0.6 is 0 Å². The van der Waals surface area contributed by atoms with E-state index in [0.29, 0.717) is 31.9 Å². The maximum Gasteiger partial charge on any atom is 0.329 e. The zero-order valence-corrected chi connectivity index (χ0v) is 18.7. The Morgan fingerprint density at radius 3 is 2.24 bits per heavy atom. The third-order valence-electron chi connectivity index (χ3n) is 5.23. The van der Waals surface area contributed by atoms with Crippen LogP contribution in [-0.4, -0.2) is 72.4 Å². The van der Waals surface area contributed by atoms with Crippen molar-refractivity contribution in [1.29, 1.82) is 0 Å². The average Bonchev–Trinajstić information content (AvgIpc) is 3.36. The molecule has 4 amide bonds. The van der Waals surface area contributed by atoms with Crippen LogP contribution < -0.4 is 10.6 Å². The van der Waals surface area contributed by atoms with Crippen LogP contribution in [0.15, 0.2) is 53.1 Å². The summed E-state index contributed by atoms with van der Waals surface area (Å²) in [6.07, 6.45) is 1.36. The van der Waals surface area contributed by atoms with Gasteiger partial charge in [-0.15, -0.1) is 0 Å². The maximum atomic E-state index is 12.5. The van der Waals surface area contributed by atoms with Crippen LogP contribution in [0.25, 0.3) is 0 Å². The minimum absolute atomic E-state index is 0.0821. The first kappa shape index (κ1) is 23.8. The summed E-state index contributed by atoms with van der Waals surface area (Å²) in [7, 11) is 0. The van der Waals surface area contributed by atoms with Crippen molar-refractivity contribution in [2.24, 2.45) is 5.92 Å². The van der Waals surface area contributed by atoms with Crippen molar-refractivity contribution in [3.05, 3.63) is 54.5 Å². The number of esters is 1. The van der Waals surface area contributed by atoms with Crippen molar-refractivity contribution >= 4 is 29.5 Å². The number of rotatable bonds is 7. The summed E-state index contributed by atoms with van der Waals surface area (Å²) in [5, 5.41) is 5.39. The first-order valence-electron chi connectivity index (χ1n) is 10.7. The predicted octanol–water partition coefficient (Wildman–Crippen LogP) is 1.95. The van der Waals surface area contributed by atoms with E-state index >= 15 is 0 Å². The second-order valence-electron chi connectivity index (χ2n) is 7.94. The van der Waals surface area contributed by atoms with E-state index in [4.69, 9.17) is 9.15 Å². The fraction of sp³-hybridized carbons (Fsp3) is 0.391. The van der Waals surface area contributed by atoms with Gasteiger partial charge < -0.3 is 29.6 Å². The lowest BCUT2D eigenvalue weighted by atomic mass is 10.0. The maximum absolute atomic E-state index is 12.5. The van der Waals surface area contributed by atoms with Gasteiger partial charge in [0.2, 0.25) is 0 Å². The number of anilines is 1. The average molecular weight is 456 g/mol. The van der Waals surface area contributed by atoms with Gasteiger partial charge >= 0.3 is 12.0 Å². The van der Waals surface area contributed by atoms with E-state index in [1.54, 1.807) is 41.8 Å². The van der Waals surface area contributed by atoms with Crippen molar-refractivity contribution in [1.82, 2.24) is 15.1 Å². The number of para-hydroxylation sites is 1. The third kappa shape index (κ3) is 6.58. The van der Waals surface area contributed by atoms with E-state index in [1.807, 2.05) is 18.2 Å². The molecule has 1 saturated heterocycles. The highest BCUT2D eigenvalue weighted by atomic mass is 16.5. The lowest BCUT2D eigenvalue weighted by Crippen LogP contribution is -2.53. The van der Waals surface area contributed by atoms with E-state index in [9.17, 15) is 19.2 Å². The van der Waals surface area contributed by atoms with Crippen LogP contribution in [-0.2, 0) is 14.3 Å². The Morgan fingerprint density at radius 1 is 0.970 bits per heavy atom. The molecule has 1 fully saturated rings. The molecule has 10 nitrogen and oxygen atoms in total. The van der Waals surface area contributed by atoms with Gasteiger partial charge in [-0.25, -0.2) is 9.59 Å². The molecule has 0 spiro atoms. The molecule has 1 aliphatic rings. The summed E-state index contributed by atoms with van der Waals surface area (Å²) < 4.78 is 10.2. The molecule has 0 radical (unpaired) electrons. The summed E-state index contributed by atoms with van der Waals surface area (Å²) >= 11 is 0. The Kier molecular flexibility index (Phi) is 8.06. The number of urea groups is 1. The molecule has 1 aromatic heterocycles. The molecule has 2 N–H and O–H groups in total. The van der Waals surface area contributed by atoms with E-state index in [2.05, 4.69) is 10.6 Å². The molecule has 2 heterocycles. The smallest absolute Gasteiger partial charge is 0.329 e. The van der Waals surface area contributed by atoms with Gasteiger partial charge in [0, 0.05) is 31.9 Å². The second kappa shape index (κ2) is 11.2. The lowest BCUT2D eigenvalue weighted by molar-refractivity contribution is -0.155. The van der Waals surface area contributed by atoms with Gasteiger partial charge in [0.05, 0.1) is 6.26 Å².